The van der Waals surface area contributed by atoms with Gasteiger partial charge in [-0.15, -0.1) is 0 Å². The number of rotatable bonds is 5. The molecule has 0 amide bonds. The Morgan fingerprint density at radius 2 is 2.12 bits per heavy atom. The molecule has 2 rings (SSSR count). The molecular formula is C14H16NO2-. The Bertz CT molecular complexity index is 528. The molecule has 0 N–H and O–H groups in total. The molecule has 0 radical (unpaired) electrons. The first-order valence-electron chi connectivity index (χ1n) is 5.99. The van der Waals surface area contributed by atoms with Gasteiger partial charge in [0.25, 0.3) is 0 Å². The minimum absolute atomic E-state index is 0.0835. The average Bonchev–Trinajstić information content (AvgIpc) is 2.66. The van der Waals surface area contributed by atoms with E-state index in [4.69, 9.17) is 0 Å². The number of nitrogens with zero attached hydrogens (tertiary/aromatic N) is 1. The van der Waals surface area contributed by atoms with E-state index in [2.05, 4.69) is 23.8 Å². The average molecular weight is 230 g/mol. The molecular weight excluding hydrogens is 214 g/mol. The van der Waals surface area contributed by atoms with E-state index in [1.54, 1.807) is 0 Å². The molecule has 3 nitrogen and oxygen atoms in total. The number of fused-ring (bicyclic) bond motifs is 1. The number of para-hydroxylation sites is 1. The van der Waals surface area contributed by atoms with Crippen LogP contribution in [-0.4, -0.2) is 10.5 Å². The van der Waals surface area contributed by atoms with E-state index in [0.717, 1.165) is 23.9 Å². The van der Waals surface area contributed by atoms with Crippen LogP contribution in [0.15, 0.2) is 30.5 Å². The lowest BCUT2D eigenvalue weighted by Crippen LogP contribution is -2.22. The highest BCUT2D eigenvalue weighted by Crippen LogP contribution is 2.22. The number of hydrogen-bond acceptors (Lipinski definition) is 2. The van der Waals surface area contributed by atoms with Crippen LogP contribution < -0.4 is 5.11 Å². The van der Waals surface area contributed by atoms with E-state index < -0.39 is 5.97 Å². The number of benzene rings is 1. The van der Waals surface area contributed by atoms with Gasteiger partial charge in [0, 0.05) is 29.6 Å². The predicted molar refractivity (Wildman–Crippen MR) is 65.6 cm³/mol. The molecule has 90 valence electrons. The molecule has 0 fully saturated rings. The van der Waals surface area contributed by atoms with Crippen LogP contribution in [0.1, 0.15) is 25.3 Å². The molecule has 0 aliphatic heterocycles. The van der Waals surface area contributed by atoms with Gasteiger partial charge in [0.15, 0.2) is 0 Å². The molecule has 1 heterocycles. The maximum absolute atomic E-state index is 10.5. The van der Waals surface area contributed by atoms with Gasteiger partial charge in [0.1, 0.15) is 0 Å². The molecule has 0 spiro atoms. The Morgan fingerprint density at radius 3 is 2.82 bits per heavy atom. The van der Waals surface area contributed by atoms with Gasteiger partial charge in [0.05, 0.1) is 0 Å². The molecule has 17 heavy (non-hydrogen) atoms. The van der Waals surface area contributed by atoms with Crippen LogP contribution in [0, 0.1) is 0 Å². The van der Waals surface area contributed by atoms with Crippen LogP contribution in [0.3, 0.4) is 0 Å². The van der Waals surface area contributed by atoms with Crippen molar-refractivity contribution in [3.63, 3.8) is 0 Å². The molecule has 1 aromatic heterocycles. The predicted octanol–water partition coefficient (Wildman–Crippen LogP) is 1.73. The number of carboxylic acids is 1. The summed E-state index contributed by atoms with van der Waals surface area (Å²) >= 11 is 0. The maximum atomic E-state index is 10.5. The number of carbonyl (C=O) groups excluding carboxylic acids is 1. The van der Waals surface area contributed by atoms with Crippen molar-refractivity contribution < 1.29 is 9.90 Å². The van der Waals surface area contributed by atoms with Crippen LogP contribution in [0.5, 0.6) is 0 Å². The largest absolute Gasteiger partial charge is 0.550 e. The number of aryl methyl sites for hydroxylation is 2. The molecule has 0 atom stereocenters. The van der Waals surface area contributed by atoms with Crippen molar-refractivity contribution in [1.82, 2.24) is 4.57 Å². The summed E-state index contributed by atoms with van der Waals surface area (Å²) in [5.41, 5.74) is 2.28. The Morgan fingerprint density at radius 1 is 1.35 bits per heavy atom. The van der Waals surface area contributed by atoms with Gasteiger partial charge < -0.3 is 14.5 Å². The lowest BCUT2D eigenvalue weighted by atomic mass is 10.1. The third-order valence-corrected chi connectivity index (χ3v) is 2.93. The monoisotopic (exact) mass is 230 g/mol. The zero-order valence-electron chi connectivity index (χ0n) is 9.98. The molecule has 1 aromatic carbocycles. The fraction of sp³-hybridized carbons (Fsp3) is 0.357. The summed E-state index contributed by atoms with van der Waals surface area (Å²) in [6.07, 6.45) is 3.76. The Hall–Kier alpha value is -1.77. The quantitative estimate of drug-likeness (QED) is 0.785. The fourth-order valence-corrected chi connectivity index (χ4v) is 2.18. The molecule has 0 saturated carbocycles. The summed E-state index contributed by atoms with van der Waals surface area (Å²) in [4.78, 5) is 10.5. The van der Waals surface area contributed by atoms with Crippen molar-refractivity contribution >= 4 is 16.9 Å². The third kappa shape index (κ3) is 2.49. The Kier molecular flexibility index (Phi) is 3.47. The number of carbonyl (C=O) groups is 1. The van der Waals surface area contributed by atoms with Crippen molar-refractivity contribution in [2.24, 2.45) is 0 Å². The zero-order chi connectivity index (χ0) is 12.3. The van der Waals surface area contributed by atoms with Crippen LogP contribution >= 0.6 is 0 Å². The lowest BCUT2D eigenvalue weighted by molar-refractivity contribution is -0.305. The Balaban J connectivity index is 2.37. The van der Waals surface area contributed by atoms with Gasteiger partial charge in [-0.05, 0) is 30.9 Å². The molecule has 0 saturated heterocycles. The van der Waals surface area contributed by atoms with E-state index in [-0.39, 0.29) is 6.42 Å². The molecule has 3 heteroatoms. The van der Waals surface area contributed by atoms with Crippen molar-refractivity contribution in [2.75, 3.05) is 0 Å². The highest BCUT2D eigenvalue weighted by molar-refractivity contribution is 5.84. The van der Waals surface area contributed by atoms with Gasteiger partial charge in [-0.3, -0.25) is 0 Å². The highest BCUT2D eigenvalue weighted by Gasteiger charge is 2.07. The number of hydrogen-bond donors (Lipinski definition) is 0. The summed E-state index contributed by atoms with van der Waals surface area (Å²) < 4.78 is 2.19. The van der Waals surface area contributed by atoms with Gasteiger partial charge in [0.2, 0.25) is 0 Å². The lowest BCUT2D eigenvalue weighted by Gasteiger charge is -2.01. The van der Waals surface area contributed by atoms with Crippen molar-refractivity contribution in [3.05, 3.63) is 36.0 Å². The van der Waals surface area contributed by atoms with Gasteiger partial charge in [-0.25, -0.2) is 0 Å². The van der Waals surface area contributed by atoms with Crippen molar-refractivity contribution in [1.29, 1.82) is 0 Å². The molecule has 0 aliphatic rings. The fourth-order valence-electron chi connectivity index (χ4n) is 2.18. The van der Waals surface area contributed by atoms with Crippen LogP contribution in [0.4, 0.5) is 0 Å². The molecule has 0 bridgehead atoms. The number of aromatic nitrogens is 1. The first-order valence-corrected chi connectivity index (χ1v) is 5.99. The van der Waals surface area contributed by atoms with Crippen LogP contribution in [0.25, 0.3) is 10.9 Å². The minimum atomic E-state index is -0.989. The summed E-state index contributed by atoms with van der Waals surface area (Å²) in [5.74, 6) is -0.989. The second kappa shape index (κ2) is 5.04. The SMILES string of the molecule is CCCn1cc(CCC(=O)[O-])c2ccccc21. The van der Waals surface area contributed by atoms with Crippen LogP contribution in [0.2, 0.25) is 0 Å². The molecule has 0 unspecified atom stereocenters. The van der Waals surface area contributed by atoms with Gasteiger partial charge in [-0.1, -0.05) is 25.1 Å². The zero-order valence-corrected chi connectivity index (χ0v) is 9.98. The van der Waals surface area contributed by atoms with E-state index in [0.29, 0.717) is 6.42 Å². The van der Waals surface area contributed by atoms with Crippen molar-refractivity contribution in [3.8, 4) is 0 Å². The second-order valence-corrected chi connectivity index (χ2v) is 4.24. The summed E-state index contributed by atoms with van der Waals surface area (Å²) in [6, 6.07) is 8.12. The first kappa shape index (κ1) is 11.7. The summed E-state index contributed by atoms with van der Waals surface area (Å²) in [7, 11) is 0. The highest BCUT2D eigenvalue weighted by atomic mass is 16.4. The Labute approximate surface area is 101 Å². The van der Waals surface area contributed by atoms with E-state index in [1.807, 2.05) is 18.2 Å². The normalized spacial score (nSPS) is 10.9. The first-order chi connectivity index (χ1) is 8.22. The van der Waals surface area contributed by atoms with E-state index >= 15 is 0 Å². The van der Waals surface area contributed by atoms with Crippen LogP contribution in [-0.2, 0) is 17.8 Å². The molecule has 0 aliphatic carbocycles. The topological polar surface area (TPSA) is 45.1 Å². The number of carboxylic acid groups (broad SMARTS) is 1. The standard InChI is InChI=1S/C14H17NO2/c1-2-9-15-10-11(7-8-14(16)17)12-5-3-4-6-13(12)15/h3-6,10H,2,7-9H2,1H3,(H,16,17)/p-1. The van der Waals surface area contributed by atoms with Crippen molar-refractivity contribution in [2.45, 2.75) is 32.7 Å². The van der Waals surface area contributed by atoms with Gasteiger partial charge >= 0.3 is 0 Å². The smallest absolute Gasteiger partial charge is 0.0483 e. The molecule has 2 aromatic rings. The second-order valence-electron chi connectivity index (χ2n) is 4.24. The summed E-state index contributed by atoms with van der Waals surface area (Å²) in [5, 5.41) is 11.7. The minimum Gasteiger partial charge on any atom is -0.550 e. The van der Waals surface area contributed by atoms with Gasteiger partial charge in [-0.2, -0.15) is 0 Å². The van der Waals surface area contributed by atoms with E-state index in [9.17, 15) is 9.90 Å². The maximum Gasteiger partial charge on any atom is 0.0483 e. The van der Waals surface area contributed by atoms with E-state index in [1.165, 1.54) is 5.52 Å². The number of aliphatic carboxylic acids is 1. The third-order valence-electron chi connectivity index (χ3n) is 2.93. The summed E-state index contributed by atoms with van der Waals surface area (Å²) in [6.45, 7) is 3.10.